The quantitative estimate of drug-likeness (QED) is 0.275. The standard InChI is InChI=1S/C26H18F8N2O3/c27-23(28)39-19-4-2-1-3-16(19)17-11-18(37)21-22(17)36-12-14(7-10-20(36)35-21)13-5-8-15(9-6-13)24(38,25(29,30)31)26(32,33)34/h1-10,12,17-18,23,37-38H,11H2/t17-,18-/m1/s1. The number of aliphatic hydroxyl groups is 2. The number of alkyl halides is 8. The van der Waals surface area contributed by atoms with Gasteiger partial charge in [-0.1, -0.05) is 42.5 Å². The Morgan fingerprint density at radius 3 is 2.10 bits per heavy atom. The number of benzene rings is 2. The lowest BCUT2D eigenvalue weighted by Crippen LogP contribution is -2.53. The van der Waals surface area contributed by atoms with Crippen LogP contribution in [0.2, 0.25) is 0 Å². The molecule has 0 radical (unpaired) electrons. The molecule has 2 atom stereocenters. The summed E-state index contributed by atoms with van der Waals surface area (Å²) in [5.74, 6) is -0.688. The summed E-state index contributed by atoms with van der Waals surface area (Å²) >= 11 is 0. The van der Waals surface area contributed by atoms with Gasteiger partial charge in [0, 0.05) is 23.2 Å². The number of hydrogen-bond donors (Lipinski definition) is 2. The number of halogens is 8. The summed E-state index contributed by atoms with van der Waals surface area (Å²) in [5, 5.41) is 20.3. The highest BCUT2D eigenvalue weighted by atomic mass is 19.4. The maximum Gasteiger partial charge on any atom is 0.430 e. The summed E-state index contributed by atoms with van der Waals surface area (Å²) in [5.41, 5.74) is -4.31. The van der Waals surface area contributed by atoms with Crippen LogP contribution >= 0.6 is 0 Å². The van der Waals surface area contributed by atoms with Crippen molar-refractivity contribution in [1.29, 1.82) is 0 Å². The van der Waals surface area contributed by atoms with Gasteiger partial charge in [0.25, 0.3) is 5.60 Å². The fourth-order valence-corrected chi connectivity index (χ4v) is 4.93. The molecule has 0 bridgehead atoms. The van der Waals surface area contributed by atoms with Crippen LogP contribution < -0.4 is 4.74 Å². The average Bonchev–Trinajstić information content (AvgIpc) is 3.39. The number of hydrogen-bond acceptors (Lipinski definition) is 4. The monoisotopic (exact) mass is 558 g/mol. The van der Waals surface area contributed by atoms with E-state index < -0.39 is 42.2 Å². The van der Waals surface area contributed by atoms with E-state index in [0.717, 1.165) is 12.1 Å². The van der Waals surface area contributed by atoms with E-state index in [4.69, 9.17) is 0 Å². The first-order chi connectivity index (χ1) is 18.2. The number of aliphatic hydroxyl groups excluding tert-OH is 1. The Bertz CT molecular complexity index is 1500. The summed E-state index contributed by atoms with van der Waals surface area (Å²) in [6.45, 7) is -3.08. The Hall–Kier alpha value is -3.71. The molecule has 5 rings (SSSR count). The zero-order chi connectivity index (χ0) is 28.3. The van der Waals surface area contributed by atoms with Crippen molar-refractivity contribution in [3.8, 4) is 16.9 Å². The van der Waals surface area contributed by atoms with Gasteiger partial charge in [0.1, 0.15) is 11.4 Å². The van der Waals surface area contributed by atoms with Crippen LogP contribution in [0.25, 0.3) is 16.8 Å². The normalized spacial score (nSPS) is 18.1. The van der Waals surface area contributed by atoms with Crippen molar-refractivity contribution < 1.29 is 50.1 Å². The van der Waals surface area contributed by atoms with Gasteiger partial charge < -0.3 is 19.4 Å². The van der Waals surface area contributed by atoms with Gasteiger partial charge in [-0.3, -0.25) is 0 Å². The third-order valence-corrected chi connectivity index (χ3v) is 6.76. The zero-order valence-electron chi connectivity index (χ0n) is 19.5. The zero-order valence-corrected chi connectivity index (χ0v) is 19.5. The molecule has 39 heavy (non-hydrogen) atoms. The van der Waals surface area contributed by atoms with Gasteiger partial charge in [0.2, 0.25) is 0 Å². The number of aromatic nitrogens is 2. The highest BCUT2D eigenvalue weighted by molar-refractivity contribution is 5.66. The lowest BCUT2D eigenvalue weighted by Gasteiger charge is -2.32. The van der Waals surface area contributed by atoms with Crippen molar-refractivity contribution in [2.45, 2.75) is 43.0 Å². The Labute approximate surface area is 214 Å². The van der Waals surface area contributed by atoms with Crippen LogP contribution in [0.1, 0.15) is 41.0 Å². The second kappa shape index (κ2) is 9.19. The number of nitrogens with zero attached hydrogens (tertiary/aromatic N) is 2. The van der Waals surface area contributed by atoms with Crippen LogP contribution in [0, 0.1) is 0 Å². The number of para-hydroxylation sites is 1. The number of pyridine rings is 1. The molecule has 0 saturated heterocycles. The summed E-state index contributed by atoms with van der Waals surface area (Å²) in [7, 11) is 0. The molecule has 2 aromatic heterocycles. The third-order valence-electron chi connectivity index (χ3n) is 6.76. The molecule has 1 aliphatic rings. The molecule has 0 saturated carbocycles. The van der Waals surface area contributed by atoms with E-state index >= 15 is 0 Å². The maximum absolute atomic E-state index is 13.2. The average molecular weight is 558 g/mol. The summed E-state index contributed by atoms with van der Waals surface area (Å²) in [4.78, 5) is 4.42. The van der Waals surface area contributed by atoms with Crippen molar-refractivity contribution in [1.82, 2.24) is 9.38 Å². The number of ether oxygens (including phenoxy) is 1. The predicted molar refractivity (Wildman–Crippen MR) is 121 cm³/mol. The molecule has 0 aliphatic heterocycles. The van der Waals surface area contributed by atoms with E-state index in [1.165, 1.54) is 30.5 Å². The Morgan fingerprint density at radius 2 is 1.49 bits per heavy atom. The molecule has 2 N–H and O–H groups in total. The maximum atomic E-state index is 13.2. The first-order valence-electron chi connectivity index (χ1n) is 11.4. The van der Waals surface area contributed by atoms with Gasteiger partial charge in [0.05, 0.1) is 17.5 Å². The van der Waals surface area contributed by atoms with Gasteiger partial charge in [-0.05, 0) is 35.7 Å². The van der Waals surface area contributed by atoms with Crippen LogP contribution in [-0.2, 0) is 5.60 Å². The molecule has 206 valence electrons. The first kappa shape index (κ1) is 26.9. The van der Waals surface area contributed by atoms with Crippen LogP contribution in [0.4, 0.5) is 35.1 Å². The van der Waals surface area contributed by atoms with Crippen molar-refractivity contribution in [2.24, 2.45) is 0 Å². The minimum Gasteiger partial charge on any atom is -0.435 e. The van der Waals surface area contributed by atoms with E-state index in [1.54, 1.807) is 16.5 Å². The SMILES string of the molecule is O[C@@H]1C[C@H](c2ccccc2OC(F)F)c2c1nc1ccc(-c3ccc(C(O)(C(F)(F)F)C(F)(F)F)cc3)cn21. The van der Waals surface area contributed by atoms with Gasteiger partial charge in [-0.2, -0.15) is 35.1 Å². The van der Waals surface area contributed by atoms with Gasteiger partial charge in [0.15, 0.2) is 0 Å². The highest BCUT2D eigenvalue weighted by Gasteiger charge is 2.71. The molecule has 0 spiro atoms. The topological polar surface area (TPSA) is 67.0 Å². The fraction of sp³-hybridized carbons (Fsp3) is 0.269. The Morgan fingerprint density at radius 1 is 0.872 bits per heavy atom. The van der Waals surface area contributed by atoms with Gasteiger partial charge >= 0.3 is 19.0 Å². The number of fused-ring (bicyclic) bond motifs is 3. The second-order valence-corrected chi connectivity index (χ2v) is 9.03. The summed E-state index contributed by atoms with van der Waals surface area (Å²) in [6, 6.07) is 12.3. The van der Waals surface area contributed by atoms with Crippen molar-refractivity contribution in [3.05, 3.63) is 89.4 Å². The van der Waals surface area contributed by atoms with Crippen molar-refractivity contribution in [3.63, 3.8) is 0 Å². The third kappa shape index (κ3) is 4.39. The Balaban J connectivity index is 1.57. The molecule has 2 heterocycles. The predicted octanol–water partition coefficient (Wildman–Crippen LogP) is 6.48. The van der Waals surface area contributed by atoms with E-state index in [1.807, 2.05) is 0 Å². The number of rotatable bonds is 5. The minimum absolute atomic E-state index is 0.0824. The summed E-state index contributed by atoms with van der Waals surface area (Å²) < 4.78 is 112. The summed E-state index contributed by atoms with van der Waals surface area (Å²) in [6.07, 6.45) is -11.4. The van der Waals surface area contributed by atoms with Gasteiger partial charge in [-0.25, -0.2) is 4.98 Å². The second-order valence-electron chi connectivity index (χ2n) is 9.03. The molecule has 0 fully saturated rings. The van der Waals surface area contributed by atoms with Crippen LogP contribution in [0.5, 0.6) is 5.75 Å². The molecular weight excluding hydrogens is 540 g/mol. The molecule has 2 aromatic carbocycles. The van der Waals surface area contributed by atoms with Crippen LogP contribution in [0.15, 0.2) is 66.9 Å². The minimum atomic E-state index is -6.01. The molecule has 4 aromatic rings. The smallest absolute Gasteiger partial charge is 0.430 e. The molecule has 1 aliphatic carbocycles. The lowest BCUT2D eigenvalue weighted by molar-refractivity contribution is -0.376. The van der Waals surface area contributed by atoms with Crippen molar-refractivity contribution in [2.75, 3.05) is 0 Å². The molecule has 0 amide bonds. The highest BCUT2D eigenvalue weighted by Crippen LogP contribution is 2.50. The van der Waals surface area contributed by atoms with E-state index in [0.29, 0.717) is 40.3 Å². The molecular formula is C26H18F8N2O3. The fourth-order valence-electron chi connectivity index (χ4n) is 4.93. The van der Waals surface area contributed by atoms with E-state index in [2.05, 4.69) is 9.72 Å². The largest absolute Gasteiger partial charge is 0.435 e. The first-order valence-corrected chi connectivity index (χ1v) is 11.4. The van der Waals surface area contributed by atoms with E-state index in [-0.39, 0.29) is 17.7 Å². The van der Waals surface area contributed by atoms with Crippen LogP contribution in [0.3, 0.4) is 0 Å². The Kier molecular flexibility index (Phi) is 6.34. The lowest BCUT2D eigenvalue weighted by atomic mass is 9.91. The van der Waals surface area contributed by atoms with Gasteiger partial charge in [-0.15, -0.1) is 0 Å². The van der Waals surface area contributed by atoms with Crippen LogP contribution in [-0.4, -0.2) is 38.6 Å². The van der Waals surface area contributed by atoms with Crippen molar-refractivity contribution >= 4 is 5.65 Å². The molecule has 5 nitrogen and oxygen atoms in total. The number of imidazole rings is 1. The molecule has 0 unspecified atom stereocenters. The molecule has 13 heteroatoms. The van der Waals surface area contributed by atoms with E-state index in [9.17, 15) is 45.3 Å².